The molecule has 0 aromatic heterocycles. The van der Waals surface area contributed by atoms with Gasteiger partial charge in [-0.25, -0.2) is 0 Å². The molecule has 10 heteroatoms. The number of carboxylic acid groups (broad SMARTS) is 1. The summed E-state index contributed by atoms with van der Waals surface area (Å²) in [5.41, 5.74) is 0.821. The highest BCUT2D eigenvalue weighted by atomic mass is 16.5. The van der Waals surface area contributed by atoms with E-state index in [4.69, 9.17) is 14.6 Å². The molecule has 0 saturated heterocycles. The van der Waals surface area contributed by atoms with Crippen molar-refractivity contribution in [3.63, 3.8) is 0 Å². The lowest BCUT2D eigenvalue weighted by molar-refractivity contribution is -0.135. The zero-order valence-electron chi connectivity index (χ0n) is 26.2. The summed E-state index contributed by atoms with van der Waals surface area (Å²) in [7, 11) is 0. The van der Waals surface area contributed by atoms with Crippen LogP contribution < -0.4 is 14.8 Å². The summed E-state index contributed by atoms with van der Waals surface area (Å²) in [4.78, 5) is 22.9. The quantitative estimate of drug-likeness (QED) is 0.0281. The first-order chi connectivity index (χ1) is 22.2. The summed E-state index contributed by atoms with van der Waals surface area (Å²) in [5.74, 6) is -3.88. The molecule has 6 N–H and O–H groups in total. The monoisotopic (exact) mass is 633 g/mol. The molecule has 0 aliphatic heterocycles. The molecule has 0 radical (unpaired) electrons. The van der Waals surface area contributed by atoms with Gasteiger partial charge in [-0.1, -0.05) is 101 Å². The predicted octanol–water partition coefficient (Wildman–Crippen LogP) is 7.51. The molecular formula is C36H43NO9. The van der Waals surface area contributed by atoms with E-state index >= 15 is 0 Å². The van der Waals surface area contributed by atoms with Crippen molar-refractivity contribution in [2.75, 3.05) is 13.2 Å². The maximum atomic E-state index is 12.1. The molecule has 4 aromatic carbocycles. The molecule has 0 fully saturated rings. The van der Waals surface area contributed by atoms with E-state index in [2.05, 4.69) is 12.2 Å². The Hall–Kier alpha value is -4.86. The van der Waals surface area contributed by atoms with E-state index < -0.39 is 29.9 Å². The number of phenols is 4. The minimum absolute atomic E-state index is 0.0130. The molecule has 0 atom stereocenters. The molecule has 0 heterocycles. The van der Waals surface area contributed by atoms with Crippen LogP contribution in [0.1, 0.15) is 87.1 Å². The number of carboxylic acids is 1. The zero-order chi connectivity index (χ0) is 33.1. The van der Waals surface area contributed by atoms with Crippen molar-refractivity contribution in [1.29, 1.82) is 0 Å². The van der Waals surface area contributed by atoms with Gasteiger partial charge in [-0.15, -0.1) is 0 Å². The number of unbranched alkanes of at least 4 members (excludes halogenated alkanes) is 9. The lowest BCUT2D eigenvalue weighted by Crippen LogP contribution is -2.29. The van der Waals surface area contributed by atoms with E-state index in [1.165, 1.54) is 50.7 Å². The Morgan fingerprint density at radius 2 is 1.15 bits per heavy atom. The first-order valence-corrected chi connectivity index (χ1v) is 15.9. The Bertz CT molecular complexity index is 1650. The Morgan fingerprint density at radius 3 is 1.67 bits per heavy atom. The highest BCUT2D eigenvalue weighted by Crippen LogP contribution is 2.57. The fraction of sp³-hybridized carbons (Fsp3) is 0.389. The summed E-state index contributed by atoms with van der Waals surface area (Å²) < 4.78 is 11.9. The average molecular weight is 634 g/mol. The van der Waals surface area contributed by atoms with E-state index in [1.807, 2.05) is 0 Å². The molecule has 10 nitrogen and oxygen atoms in total. The van der Waals surface area contributed by atoms with Crippen molar-refractivity contribution in [3.8, 4) is 34.5 Å². The minimum Gasteiger partial charge on any atom is -0.506 e. The van der Waals surface area contributed by atoms with Gasteiger partial charge in [0.05, 0.1) is 17.4 Å². The molecule has 0 saturated carbocycles. The van der Waals surface area contributed by atoms with E-state index in [0.717, 1.165) is 19.3 Å². The van der Waals surface area contributed by atoms with Gasteiger partial charge in [0.25, 0.3) is 5.91 Å². The maximum absolute atomic E-state index is 12.1. The van der Waals surface area contributed by atoms with Crippen LogP contribution in [0.25, 0.3) is 21.5 Å². The van der Waals surface area contributed by atoms with Gasteiger partial charge in [0.15, 0.2) is 11.5 Å². The highest BCUT2D eigenvalue weighted by Gasteiger charge is 2.28. The highest BCUT2D eigenvalue weighted by molar-refractivity contribution is 6.16. The third kappa shape index (κ3) is 8.24. The Balaban J connectivity index is 1.53. The summed E-state index contributed by atoms with van der Waals surface area (Å²) in [6.07, 6.45) is 11.4. The van der Waals surface area contributed by atoms with Crippen molar-refractivity contribution in [2.45, 2.75) is 77.7 Å². The van der Waals surface area contributed by atoms with Crippen molar-refractivity contribution in [3.05, 3.63) is 59.7 Å². The minimum atomic E-state index is -1.16. The van der Waals surface area contributed by atoms with Crippen LogP contribution in [0.2, 0.25) is 0 Å². The number of ether oxygens (including phenoxy) is 2. The number of hydrogen-bond acceptors (Lipinski definition) is 8. The van der Waals surface area contributed by atoms with Gasteiger partial charge in [0.1, 0.15) is 24.7 Å². The number of nitrogens with one attached hydrogen (secondary N) is 1. The first-order valence-electron chi connectivity index (χ1n) is 15.9. The molecule has 0 aliphatic rings. The number of phenolic OH excluding ortho intramolecular Hbond substituents is 4. The molecule has 4 rings (SSSR count). The molecule has 0 unspecified atom stereocenters. The molecular weight excluding hydrogens is 590 g/mol. The number of fused-ring (bicyclic) bond motifs is 2. The van der Waals surface area contributed by atoms with Crippen LogP contribution in [0.5, 0.6) is 34.5 Å². The Labute approximate surface area is 268 Å². The normalized spacial score (nSPS) is 11.2. The second-order valence-corrected chi connectivity index (χ2v) is 11.4. The summed E-state index contributed by atoms with van der Waals surface area (Å²) >= 11 is 0. The molecule has 0 aliphatic carbocycles. The molecule has 246 valence electrons. The molecule has 0 spiro atoms. The average Bonchev–Trinajstić information content (AvgIpc) is 3.06. The van der Waals surface area contributed by atoms with Crippen LogP contribution in [0.4, 0.5) is 0 Å². The Morgan fingerprint density at radius 1 is 0.652 bits per heavy atom. The van der Waals surface area contributed by atoms with Crippen LogP contribution in [-0.2, 0) is 11.4 Å². The molecule has 1 amide bonds. The van der Waals surface area contributed by atoms with E-state index in [1.54, 1.807) is 36.4 Å². The number of amides is 1. The number of rotatable bonds is 18. The fourth-order valence-electron chi connectivity index (χ4n) is 5.51. The topological polar surface area (TPSA) is 166 Å². The van der Waals surface area contributed by atoms with E-state index in [9.17, 15) is 30.0 Å². The van der Waals surface area contributed by atoms with Gasteiger partial charge >= 0.3 is 5.97 Å². The number of aliphatic carboxylic acids is 1. The third-order valence-corrected chi connectivity index (χ3v) is 8.01. The zero-order valence-corrected chi connectivity index (χ0v) is 26.2. The van der Waals surface area contributed by atoms with E-state index in [0.29, 0.717) is 22.8 Å². The summed E-state index contributed by atoms with van der Waals surface area (Å²) in [5, 5.41) is 56.6. The van der Waals surface area contributed by atoms with E-state index in [-0.39, 0.29) is 52.5 Å². The van der Waals surface area contributed by atoms with Crippen molar-refractivity contribution < 1.29 is 44.6 Å². The number of aromatic hydroxyl groups is 4. The van der Waals surface area contributed by atoms with Crippen LogP contribution in [0, 0.1) is 0 Å². The summed E-state index contributed by atoms with van der Waals surface area (Å²) in [6.45, 7) is 1.80. The van der Waals surface area contributed by atoms with Gasteiger partial charge in [-0.3, -0.25) is 9.59 Å². The van der Waals surface area contributed by atoms with Gasteiger partial charge in [-0.05, 0) is 24.1 Å². The van der Waals surface area contributed by atoms with Crippen LogP contribution >= 0.6 is 0 Å². The van der Waals surface area contributed by atoms with Crippen molar-refractivity contribution in [1.82, 2.24) is 5.32 Å². The van der Waals surface area contributed by atoms with Crippen molar-refractivity contribution >= 4 is 33.4 Å². The maximum Gasteiger partial charge on any atom is 0.322 e. The van der Waals surface area contributed by atoms with Crippen LogP contribution in [0.3, 0.4) is 0 Å². The van der Waals surface area contributed by atoms with Gasteiger partial charge in [-0.2, -0.15) is 0 Å². The lowest BCUT2D eigenvalue weighted by Gasteiger charge is -2.20. The second-order valence-electron chi connectivity index (χ2n) is 11.4. The molecule has 4 aromatic rings. The van der Waals surface area contributed by atoms with Crippen LogP contribution in [-0.4, -0.2) is 50.6 Å². The number of carbonyl (C=O) groups is 2. The Kier molecular flexibility index (Phi) is 12.2. The molecule has 46 heavy (non-hydrogen) atoms. The standard InChI is InChI=1S/C36H43NO9/c1-2-3-4-5-6-7-8-9-10-13-20-45-34-28-29(31(41)26-15-12-11-14-25(26)30(28)40)35(33(43)32(34)42)46-22-23-16-18-24(19-17-23)36(44)37-21-27(38)39/h11-12,14-19,40-43H,2-10,13,20-22H2,1H3,(H,37,44)(H,38,39). The number of benzene rings is 4. The fourth-order valence-corrected chi connectivity index (χ4v) is 5.51. The second kappa shape index (κ2) is 16.5. The smallest absolute Gasteiger partial charge is 0.322 e. The van der Waals surface area contributed by atoms with Crippen LogP contribution in [0.15, 0.2) is 48.5 Å². The first kappa shape index (κ1) is 34.0. The predicted molar refractivity (Wildman–Crippen MR) is 176 cm³/mol. The SMILES string of the molecule is CCCCCCCCCCCCOc1c(O)c(O)c(OCc2ccc(C(=O)NCC(=O)O)cc2)c2c(O)c3ccccc3c(O)c12. The molecule has 0 bridgehead atoms. The lowest BCUT2D eigenvalue weighted by atomic mass is 9.98. The summed E-state index contributed by atoms with van der Waals surface area (Å²) in [6, 6.07) is 12.8. The van der Waals surface area contributed by atoms with Gasteiger partial charge in [0, 0.05) is 16.3 Å². The number of carbonyl (C=O) groups excluding carboxylic acids is 1. The number of hydrogen-bond donors (Lipinski definition) is 6. The van der Waals surface area contributed by atoms with Crippen molar-refractivity contribution in [2.24, 2.45) is 0 Å². The largest absolute Gasteiger partial charge is 0.506 e. The van der Waals surface area contributed by atoms with Gasteiger partial charge in [0.2, 0.25) is 11.5 Å². The van der Waals surface area contributed by atoms with Gasteiger partial charge < -0.3 is 40.3 Å². The third-order valence-electron chi connectivity index (χ3n) is 8.01.